The Morgan fingerprint density at radius 3 is 1.04 bits per heavy atom. The summed E-state index contributed by atoms with van der Waals surface area (Å²) in [6.45, 7) is 19.6. The summed E-state index contributed by atoms with van der Waals surface area (Å²) in [5.74, 6) is 0. The molecule has 19 aromatic carbocycles. The second kappa shape index (κ2) is 42.2. The molecule has 0 aliphatic carbocycles. The molecule has 0 spiro atoms. The van der Waals surface area contributed by atoms with Gasteiger partial charge in [-0.3, -0.25) is 19.9 Å². The SMILES string of the molecule is CCc1cccc(CC)c1-c1cn2c(n1)c1[c-]ccc3ccc4cc5ccccc5c2c4c31.CCc1cccc(CC)c1-c1cn2c(n1)c1[c-]cccc1c1c3ccccc3c3ccccc3c12.CCc1cccc(CC)c1-c1cn2c3cncc4ccc5cc[c-]c(c5c43)c2n1.CN1[CH-]N(c2[c-]cccc2)c2ccccc21.CN1[CH-]N(c2[c-]cccc2)c2ccccc21.CN1[CH-]N(c2[c-]cccc2)c2ccccc21.[Ir+3].[Ir+3].[Ir+3]. The number of pyridine rings is 4. The van der Waals surface area contributed by atoms with Gasteiger partial charge < -0.3 is 42.6 Å². The van der Waals surface area contributed by atoms with Crippen LogP contribution in [0.2, 0.25) is 0 Å². The van der Waals surface area contributed by atoms with Gasteiger partial charge in [0.1, 0.15) is 0 Å². The number of rotatable bonds is 12. The first-order valence-electron chi connectivity index (χ1n) is 50.3. The molecule has 3 aliphatic heterocycles. The van der Waals surface area contributed by atoms with Crippen molar-refractivity contribution in [2.45, 2.75) is 80.1 Å². The molecule has 3 aliphatic rings. The van der Waals surface area contributed by atoms with Crippen molar-refractivity contribution < 1.29 is 60.3 Å². The second-order valence-electron chi connectivity index (χ2n) is 37.3. The average Bonchev–Trinajstić information content (AvgIpc) is 1.41. The first-order chi connectivity index (χ1) is 71.5. The number of anilines is 9. The van der Waals surface area contributed by atoms with Crippen molar-refractivity contribution in [3.63, 3.8) is 0 Å². The van der Waals surface area contributed by atoms with Crippen molar-refractivity contribution in [1.82, 2.24) is 33.1 Å². The number of hydrogen-bond donors (Lipinski definition) is 0. The van der Waals surface area contributed by atoms with Gasteiger partial charge in [-0.15, -0.1) is 93.9 Å². The zero-order valence-electron chi connectivity index (χ0n) is 83.6. The van der Waals surface area contributed by atoms with Crippen molar-refractivity contribution >= 4 is 187 Å². The van der Waals surface area contributed by atoms with Gasteiger partial charge in [-0.2, -0.15) is 111 Å². The molecular weight excluding hydrogens is 2340 g/mol. The van der Waals surface area contributed by atoms with Crippen LogP contribution in [0.25, 0.3) is 170 Å². The van der Waals surface area contributed by atoms with Crippen LogP contribution in [-0.4, -0.2) is 54.3 Å². The topological polar surface area (TPSA) is 84.2 Å². The molecule has 26 aromatic rings. The number of hydrogen-bond acceptors (Lipinski definition) is 10. The minimum Gasteiger partial charge on any atom is -0.504 e. The molecule has 0 bridgehead atoms. The summed E-state index contributed by atoms with van der Waals surface area (Å²) in [6.07, 6.45) is 16.5. The molecule has 13 nitrogen and oxygen atoms in total. The number of para-hydroxylation sites is 9. The van der Waals surface area contributed by atoms with Crippen LogP contribution in [0.5, 0.6) is 0 Å². The standard InChI is InChI=1S/C33H25N2.C31H23N2.C26H20N3.3C14H12N2.3Ir/c1-3-21-12-11-13-22(4-2)30(21)29-20-35-32-27-18-9-6-15-24(27)23-14-5-7-16-25(23)31(32)26-17-8-10-19-28(26)33(35)34-29;1-3-19-10-7-11-20(4-2)27(19)26-18-33-30-24-13-6-5-9-22(24)17-23-16-15-21-12-8-14-25(31(33)32-26)28(21)29(23)30;1-3-16-7-5-8-17(4-2)23(16)21-15-29-22-14-27-13-19-12-11-18-9-6-10-20(26(29)28-21)24(18)25(19)22;3*1-15-11-16(12-7-3-2-4-8-12)14-10-6-5-9-13(14)15;;;/h5-18,20H,3-4H2,1-2H3;5-13,15-18H,3-4H2,1-2H3;5-9,11-15H,3-4H2,1-2H3;3*2-7,9-11H,1H3;;;/q3*-1;3*-2;3*+3. The smallest absolute Gasteiger partial charge is 0.504 e. The van der Waals surface area contributed by atoms with Crippen molar-refractivity contribution in [2.75, 3.05) is 50.5 Å². The van der Waals surface area contributed by atoms with E-state index in [1.54, 1.807) is 0 Å². The van der Waals surface area contributed by atoms with Crippen molar-refractivity contribution in [2.24, 2.45) is 0 Å². The van der Waals surface area contributed by atoms with Gasteiger partial charge in [0, 0.05) is 104 Å². The fourth-order valence-electron chi connectivity index (χ4n) is 22.3. The van der Waals surface area contributed by atoms with Gasteiger partial charge in [0.25, 0.3) is 0 Å². The second-order valence-corrected chi connectivity index (χ2v) is 37.3. The molecule has 0 saturated heterocycles. The molecule has 724 valence electrons. The van der Waals surface area contributed by atoms with E-state index in [-0.39, 0.29) is 60.3 Å². The quantitative estimate of drug-likeness (QED) is 0.0670. The van der Waals surface area contributed by atoms with Gasteiger partial charge in [-0.05, 0) is 184 Å². The summed E-state index contributed by atoms with van der Waals surface area (Å²) >= 11 is 0. The van der Waals surface area contributed by atoms with Crippen LogP contribution in [0.4, 0.5) is 51.2 Å². The van der Waals surface area contributed by atoms with E-state index < -0.39 is 0 Å². The summed E-state index contributed by atoms with van der Waals surface area (Å²) in [4.78, 5) is 33.1. The van der Waals surface area contributed by atoms with Crippen LogP contribution in [-0.2, 0) is 98.8 Å². The van der Waals surface area contributed by atoms with Crippen molar-refractivity contribution in [1.29, 1.82) is 0 Å². The number of nitrogens with zero attached hydrogens (tertiary/aromatic N) is 13. The average molecular weight is 2450 g/mol. The van der Waals surface area contributed by atoms with E-state index in [0.717, 1.165) is 117 Å². The minimum atomic E-state index is 0. The Hall–Kier alpha value is -15.5. The molecule has 148 heavy (non-hydrogen) atoms. The van der Waals surface area contributed by atoms with Gasteiger partial charge >= 0.3 is 60.3 Å². The van der Waals surface area contributed by atoms with E-state index in [0.29, 0.717) is 0 Å². The number of aryl methyl sites for hydroxylation is 6. The first-order valence-corrected chi connectivity index (χ1v) is 50.3. The normalized spacial score (nSPS) is 12.5. The molecule has 0 unspecified atom stereocenters. The van der Waals surface area contributed by atoms with E-state index >= 15 is 0 Å². The van der Waals surface area contributed by atoms with E-state index in [4.69, 9.17) is 15.0 Å². The van der Waals surface area contributed by atoms with Gasteiger partial charge in [-0.1, -0.05) is 257 Å². The van der Waals surface area contributed by atoms with Gasteiger partial charge in [-0.25, -0.2) is 0 Å². The molecule has 29 rings (SSSR count). The Bertz CT molecular complexity index is 9000. The number of aromatic nitrogens is 7. The molecule has 0 atom stereocenters. The maximum absolute atomic E-state index is 5.30. The Morgan fingerprint density at radius 2 is 0.595 bits per heavy atom. The summed E-state index contributed by atoms with van der Waals surface area (Å²) in [5, 5.41) is 23.2. The molecule has 0 amide bonds. The zero-order valence-corrected chi connectivity index (χ0v) is 90.8. The molecule has 0 radical (unpaired) electrons. The fraction of sp³-hybridized carbons (Fsp3) is 0.114. The first kappa shape index (κ1) is 98.5. The Labute approximate surface area is 903 Å². The van der Waals surface area contributed by atoms with E-state index in [9.17, 15) is 0 Å². The molecule has 16 heteroatoms. The van der Waals surface area contributed by atoms with Gasteiger partial charge in [0.2, 0.25) is 0 Å². The van der Waals surface area contributed by atoms with Crippen LogP contribution in [0, 0.1) is 56.4 Å². The zero-order chi connectivity index (χ0) is 98.0. The third kappa shape index (κ3) is 17.3. The predicted octanol–water partition coefficient (Wildman–Crippen LogP) is 32.3. The molecule has 0 fully saturated rings. The maximum atomic E-state index is 5.30. The third-order valence-electron chi connectivity index (χ3n) is 29.1. The van der Waals surface area contributed by atoms with Crippen LogP contribution in [0.1, 0.15) is 74.9 Å². The van der Waals surface area contributed by atoms with Crippen LogP contribution >= 0.6 is 0 Å². The molecule has 0 N–H and O–H groups in total. The Kier molecular flexibility index (Phi) is 28.1. The largest absolute Gasteiger partial charge is 3.00 e. The van der Waals surface area contributed by atoms with Gasteiger partial charge in [0.15, 0.2) is 0 Å². The summed E-state index contributed by atoms with van der Waals surface area (Å²) < 4.78 is 6.85. The van der Waals surface area contributed by atoms with E-state index in [1.165, 1.54) is 176 Å². The van der Waals surface area contributed by atoms with E-state index in [2.05, 4.69) is 458 Å². The molecule has 7 aromatic heterocycles. The summed E-state index contributed by atoms with van der Waals surface area (Å²) in [6, 6.07) is 141. The number of imidazole rings is 3. The van der Waals surface area contributed by atoms with Crippen LogP contribution in [0.3, 0.4) is 0 Å². The van der Waals surface area contributed by atoms with Crippen LogP contribution < -0.4 is 29.4 Å². The number of fused-ring (bicyclic) bond motifs is 22. The van der Waals surface area contributed by atoms with Gasteiger partial charge in [0.05, 0.1) is 39.5 Å². The monoisotopic (exact) mass is 2450 g/mol. The van der Waals surface area contributed by atoms with Crippen molar-refractivity contribution in [3.8, 4) is 33.8 Å². The van der Waals surface area contributed by atoms with Crippen LogP contribution in [0.15, 0.2) is 377 Å². The minimum absolute atomic E-state index is 0. The molecule has 0 saturated carbocycles. The summed E-state index contributed by atoms with van der Waals surface area (Å²) in [5.41, 5.74) is 32.0. The molecular formula is C132H104Ir3N13. The third-order valence-corrected chi connectivity index (χ3v) is 29.1. The van der Waals surface area contributed by atoms with Crippen molar-refractivity contribution in [3.05, 3.63) is 467 Å². The maximum Gasteiger partial charge on any atom is 3.00 e. The molecule has 10 heterocycles. The fourth-order valence-corrected chi connectivity index (χ4v) is 22.3. The Balaban J connectivity index is 0.000000107. The number of benzene rings is 19. The summed E-state index contributed by atoms with van der Waals surface area (Å²) in [7, 11) is 6.17. The van der Waals surface area contributed by atoms with E-state index in [1.807, 2.05) is 85.2 Å². The Morgan fingerprint density at radius 1 is 0.250 bits per heavy atom. The predicted molar refractivity (Wildman–Crippen MR) is 607 cm³/mol.